The number of nitrogens with two attached hydrogens (primary N) is 5. The van der Waals surface area contributed by atoms with E-state index in [1.165, 1.54) is 0 Å². The number of guanidine groups is 4. The van der Waals surface area contributed by atoms with E-state index >= 15 is 19.2 Å². The van der Waals surface area contributed by atoms with E-state index in [9.17, 15) is 43.2 Å². The molecule has 772 valence electrons. The summed E-state index contributed by atoms with van der Waals surface area (Å²) in [5, 5.41) is 66.0. The summed E-state index contributed by atoms with van der Waals surface area (Å²) in [5.74, 6) is -8.68. The molecule has 0 spiro atoms. The number of nitrogens with one attached hydrogen (secondary N) is 16. The number of hydrogen-bond acceptors (Lipinski definition) is 27. The molecule has 1 fully saturated rings. The molecular weight excluding hydrogens is 1970 g/mol. The van der Waals surface area contributed by atoms with Crippen LogP contribution in [0.25, 0.3) is 10.8 Å². The highest BCUT2D eigenvalue weighted by molar-refractivity contribution is 8.77. The van der Waals surface area contributed by atoms with Crippen LogP contribution in [0.2, 0.25) is 0 Å². The summed E-state index contributed by atoms with van der Waals surface area (Å²) in [6, 6.07) is 30.3. The zero-order chi connectivity index (χ0) is 103. The highest BCUT2D eigenvalue weighted by Gasteiger charge is 2.37. The van der Waals surface area contributed by atoms with E-state index in [0.717, 1.165) is 61.6 Å². The van der Waals surface area contributed by atoms with Crippen molar-refractivity contribution < 1.29 is 71.8 Å². The fourth-order valence-corrected chi connectivity index (χ4v) is 20.5. The first-order valence-corrected chi connectivity index (χ1v) is 58.0. The van der Waals surface area contributed by atoms with E-state index in [0.29, 0.717) is 59.1 Å². The number of hydrogen-bond donors (Lipinski definition) is 21. The van der Waals surface area contributed by atoms with Crippen LogP contribution in [0.15, 0.2) is 127 Å². The lowest BCUT2D eigenvalue weighted by Gasteiger charge is -2.28. The molecule has 1 aliphatic rings. The van der Waals surface area contributed by atoms with Gasteiger partial charge in [-0.3, -0.25) is 84.0 Å². The fourth-order valence-electron chi connectivity index (χ4n) is 15.7. The van der Waals surface area contributed by atoms with Gasteiger partial charge in [0.05, 0.1) is 25.9 Å². The quantitative estimate of drug-likeness (QED) is 0.00557. The summed E-state index contributed by atoms with van der Waals surface area (Å²) >= 11 is 0. The van der Waals surface area contributed by atoms with Gasteiger partial charge in [-0.15, -0.1) is 0 Å². The van der Waals surface area contributed by atoms with Crippen molar-refractivity contribution in [2.24, 2.45) is 40.5 Å². The molecule has 0 aliphatic carbocycles. The standard InChI is InChI=1S/C98H137N21O15S8/c1-135-139-57-65-42-66(58-140-136-2)49-73(48-65)84(122)31-28-62-41-64(55-113-88(126)74-50-67(59-141-137-3)43-68(51-74)60-142-138-4)47-72(45-62)83(121)26-10-6-9-21-71(87(99)125)53-76(120)56-134-40-39-133-38-37-108-86(124)32-30-81-94(132)119-82(52-61-17-7-5-8-18-61)85(123)54-75(46-63-27-29-69-19-11-12-20-70(69)44-63)89(127)114-77(22-13-33-109-95(100)101)90(128)115-78(23-14-34-110-96(102)103)91(129)116-79(24-15-35-111-97(104)105)92(130)117-80(93(131)118-81)25-16-36-112-98(106)107/h5,7-8,11-12,17-20,27,29,41-45,47-51,71,75,77-82H,6,9-10,13-16,21-26,28,30-40,46,52-60H2,1-4H3,(H2,99,125)(H,108,124)(H,113,126)(H,114,127)(H,115,128)(H,116,129)(H,117,130)(H,118,131)(H,119,132)(H4,100,101,109)(H4,102,103,110)(H4,104,105,111)(H4,106,107,112)/t71-,75-,77+,78-,79+,80-,81+,82-/m1/s1. The lowest BCUT2D eigenvalue weighted by Crippen LogP contribution is -2.59. The number of fused-ring (bicyclic) bond motifs is 1. The van der Waals surface area contributed by atoms with Gasteiger partial charge in [0.2, 0.25) is 47.3 Å². The molecule has 9 amide bonds. The number of unbranched alkanes of at least 4 members (excludes halogenated alkanes) is 2. The highest BCUT2D eigenvalue weighted by Crippen LogP contribution is 2.32. The minimum Gasteiger partial charge on any atom is -0.377 e. The van der Waals surface area contributed by atoms with Gasteiger partial charge in [-0.1, -0.05) is 190 Å². The average Bonchev–Trinajstić information content (AvgIpc) is 0.925. The van der Waals surface area contributed by atoms with Gasteiger partial charge in [0.1, 0.15) is 36.8 Å². The van der Waals surface area contributed by atoms with Crippen molar-refractivity contribution in [1.82, 2.24) is 63.8 Å². The molecule has 0 unspecified atom stereocenters. The molecule has 0 saturated carbocycles. The second kappa shape index (κ2) is 66.3. The molecule has 6 aromatic carbocycles. The molecule has 142 heavy (non-hydrogen) atoms. The predicted octanol–water partition coefficient (Wildman–Crippen LogP) is 8.79. The molecule has 0 bridgehead atoms. The topological polar surface area (TPSA) is 610 Å². The van der Waals surface area contributed by atoms with Gasteiger partial charge in [0, 0.05) is 123 Å². The molecule has 7 rings (SSSR count). The summed E-state index contributed by atoms with van der Waals surface area (Å²) in [6.45, 7) is -0.272. The van der Waals surface area contributed by atoms with Crippen LogP contribution in [0.3, 0.4) is 0 Å². The predicted molar refractivity (Wildman–Crippen MR) is 575 cm³/mol. The Morgan fingerprint density at radius 2 is 0.817 bits per heavy atom. The first-order chi connectivity index (χ1) is 68.3. The molecule has 1 saturated heterocycles. The number of carbonyl (C=O) groups is 13. The van der Waals surface area contributed by atoms with Crippen molar-refractivity contribution in [3.8, 4) is 0 Å². The van der Waals surface area contributed by atoms with Gasteiger partial charge in [0.25, 0.3) is 5.91 Å². The number of ketones is 4. The van der Waals surface area contributed by atoms with E-state index in [4.69, 9.17) is 59.8 Å². The van der Waals surface area contributed by atoms with Crippen LogP contribution in [-0.4, -0.2) is 221 Å². The zero-order valence-electron chi connectivity index (χ0n) is 80.8. The maximum atomic E-state index is 15.5. The summed E-state index contributed by atoms with van der Waals surface area (Å²) in [5.41, 5.74) is 36.9. The third kappa shape index (κ3) is 45.9. The van der Waals surface area contributed by atoms with E-state index in [2.05, 4.69) is 75.9 Å². The molecule has 8 atom stereocenters. The molecule has 1 heterocycles. The van der Waals surface area contributed by atoms with Gasteiger partial charge in [0.15, 0.2) is 47.0 Å². The number of rotatable bonds is 60. The van der Waals surface area contributed by atoms with Crippen LogP contribution in [0, 0.1) is 33.5 Å². The van der Waals surface area contributed by atoms with E-state index in [1.54, 1.807) is 129 Å². The average molecular weight is 2110 g/mol. The molecule has 6 aromatic rings. The number of Topliss-reactive ketones (excluding diaryl/α,β-unsaturated/α-hetero) is 4. The van der Waals surface area contributed by atoms with Crippen LogP contribution < -0.4 is 92.5 Å². The fraction of sp³-hybridized carbons (Fsp3) is 0.480. The lowest BCUT2D eigenvalue weighted by molar-refractivity contribution is -0.135. The lowest BCUT2D eigenvalue weighted by atomic mass is 9.88. The summed E-state index contributed by atoms with van der Waals surface area (Å²) in [4.78, 5) is 188. The van der Waals surface area contributed by atoms with Gasteiger partial charge in [-0.2, -0.15) is 0 Å². The summed E-state index contributed by atoms with van der Waals surface area (Å²) in [6.07, 6.45) is 8.55. The molecule has 0 radical (unpaired) electrons. The number of benzene rings is 6. The number of carbonyl (C=O) groups excluding carboxylic acids is 13. The van der Waals surface area contributed by atoms with Gasteiger partial charge >= 0.3 is 0 Å². The maximum absolute atomic E-state index is 15.5. The number of amides is 9. The van der Waals surface area contributed by atoms with E-state index in [1.807, 2.05) is 97.8 Å². The SMILES string of the molecule is CSSCc1cc(CSSC)cc(C(=O)CCc2cc(CNC(=O)c3cc(CSSC)cc(CSSC)c3)cc(C(=O)CCCCC[C@H](CC(=O)COCCOCCNC(=O)CC[C@@H]3NC(=O)[C@@H](CCCNC(=N)N)NC(=O)[C@H](CCCNC(=N)N)NC(=O)[C@@H](CCCNC(=N)N)NC(=O)[C@H](CCCNC(=N)N)NC(=O)[C@H](Cc4ccc5ccccc5c4)CC(=O)[C@@H](Cc4ccccc4)NC3=O)C(N)=O)c2)c1. The third-order valence-electron chi connectivity index (χ3n) is 22.9. The second-order valence-electron chi connectivity index (χ2n) is 34.1. The monoisotopic (exact) mass is 2100 g/mol. The summed E-state index contributed by atoms with van der Waals surface area (Å²) in [7, 11) is 13.5. The van der Waals surface area contributed by atoms with E-state index < -0.39 is 132 Å². The molecular formula is C98H137N21O15S8. The van der Waals surface area contributed by atoms with Crippen molar-refractivity contribution >= 4 is 197 Å². The van der Waals surface area contributed by atoms with Crippen molar-refractivity contribution in [2.75, 3.05) is 84.2 Å². The minimum atomic E-state index is -1.64. The van der Waals surface area contributed by atoms with Crippen molar-refractivity contribution in [3.63, 3.8) is 0 Å². The van der Waals surface area contributed by atoms with Crippen LogP contribution >= 0.6 is 86.4 Å². The molecule has 44 heteroatoms. The Bertz CT molecular complexity index is 5080. The Balaban J connectivity index is 1.02. The van der Waals surface area contributed by atoms with Crippen LogP contribution in [0.4, 0.5) is 0 Å². The zero-order valence-corrected chi connectivity index (χ0v) is 87.3. The largest absolute Gasteiger partial charge is 0.377 e. The van der Waals surface area contributed by atoms with Gasteiger partial charge in [-0.25, -0.2) is 0 Å². The molecule has 26 N–H and O–H groups in total. The number of ether oxygens (including phenoxy) is 2. The normalized spacial score (nSPS) is 16.9. The second-order valence-corrected chi connectivity index (χ2v) is 44.4. The molecule has 0 aromatic heterocycles. The van der Waals surface area contributed by atoms with Gasteiger partial charge < -0.3 is 102 Å². The smallest absolute Gasteiger partial charge is 0.251 e. The van der Waals surface area contributed by atoms with Gasteiger partial charge in [-0.05, 0) is 207 Å². The first-order valence-electron chi connectivity index (χ1n) is 47.1. The Hall–Kier alpha value is -10.7. The molecule has 1 aliphatic heterocycles. The number of aryl methyl sites for hydroxylation is 1. The van der Waals surface area contributed by atoms with E-state index in [-0.39, 0.29) is 191 Å². The minimum absolute atomic E-state index is 0.0145. The van der Waals surface area contributed by atoms with Crippen LogP contribution in [-0.2, 0) is 106 Å². The third-order valence-corrected chi connectivity index (χ3v) is 29.9. The molecule has 36 nitrogen and oxygen atoms in total. The summed E-state index contributed by atoms with van der Waals surface area (Å²) < 4.78 is 11.4. The first kappa shape index (κ1) is 118. The van der Waals surface area contributed by atoms with Crippen LogP contribution in [0.5, 0.6) is 0 Å². The number of primary amides is 1. The Morgan fingerprint density at radius 1 is 0.387 bits per heavy atom. The maximum Gasteiger partial charge on any atom is 0.251 e. The Kier molecular flexibility index (Phi) is 55.2. The Labute approximate surface area is 862 Å². The van der Waals surface area contributed by atoms with Crippen molar-refractivity contribution in [2.45, 2.75) is 201 Å². The van der Waals surface area contributed by atoms with Crippen LogP contribution in [0.1, 0.15) is 191 Å². The van der Waals surface area contributed by atoms with Crippen molar-refractivity contribution in [1.29, 1.82) is 21.6 Å². The highest BCUT2D eigenvalue weighted by atomic mass is 33.1. The van der Waals surface area contributed by atoms with Crippen molar-refractivity contribution in [3.05, 3.63) is 189 Å². The Morgan fingerprint density at radius 3 is 1.30 bits per heavy atom.